The monoisotopic (exact) mass is 591 g/mol. The average molecular weight is 592 g/mol. The number of hydrogen-bond donors (Lipinski definition) is 0. The number of likely N-dealkylation sites (N-methyl/N-ethyl adjacent to an activating group) is 1. The third-order valence-corrected chi connectivity index (χ3v) is 7.02. The van der Waals surface area contributed by atoms with Crippen molar-refractivity contribution >= 4 is 28.5 Å². The Labute approximate surface area is 244 Å². The van der Waals surface area contributed by atoms with Gasteiger partial charge < -0.3 is 23.7 Å². The summed E-state index contributed by atoms with van der Waals surface area (Å²) in [5, 5.41) is 13.9. The summed E-state index contributed by atoms with van der Waals surface area (Å²) in [6, 6.07) is 13.7. The number of nitriles is 1. The van der Waals surface area contributed by atoms with Crippen LogP contribution in [0.3, 0.4) is 0 Å². The molecular formula is C30H27F2N5O6. The van der Waals surface area contributed by atoms with Crippen molar-refractivity contribution in [3.8, 4) is 28.8 Å². The molecule has 0 unspecified atom stereocenters. The number of fused-ring (bicyclic) bond motifs is 2. The van der Waals surface area contributed by atoms with E-state index in [4.69, 9.17) is 4.42 Å². The third-order valence-electron chi connectivity index (χ3n) is 7.02. The van der Waals surface area contributed by atoms with E-state index in [-0.39, 0.29) is 46.2 Å². The van der Waals surface area contributed by atoms with Crippen molar-refractivity contribution in [2.45, 2.75) is 46.1 Å². The Balaban J connectivity index is 1.58. The van der Waals surface area contributed by atoms with Gasteiger partial charge in [-0.25, -0.2) is 4.68 Å². The first-order valence-electron chi connectivity index (χ1n) is 13.3. The first-order valence-corrected chi connectivity index (χ1v) is 13.3. The lowest BCUT2D eigenvalue weighted by molar-refractivity contribution is -0.286. The number of halogens is 2. The van der Waals surface area contributed by atoms with Crippen molar-refractivity contribution in [1.82, 2.24) is 14.7 Å². The van der Waals surface area contributed by atoms with E-state index >= 15 is 0 Å². The van der Waals surface area contributed by atoms with Crippen LogP contribution < -0.4 is 19.9 Å². The maximum atomic E-state index is 13.6. The highest BCUT2D eigenvalue weighted by atomic mass is 19.3. The van der Waals surface area contributed by atoms with Gasteiger partial charge in [-0.3, -0.25) is 14.4 Å². The number of rotatable bonds is 6. The van der Waals surface area contributed by atoms with Gasteiger partial charge in [-0.15, -0.1) is 8.78 Å². The molecule has 5 rings (SSSR count). The van der Waals surface area contributed by atoms with Crippen LogP contribution in [0.15, 0.2) is 57.7 Å². The molecule has 2 aromatic heterocycles. The molecule has 0 fully saturated rings. The normalized spacial score (nSPS) is 13.5. The van der Waals surface area contributed by atoms with Crippen LogP contribution in [0.2, 0.25) is 0 Å². The predicted octanol–water partition coefficient (Wildman–Crippen LogP) is 4.77. The van der Waals surface area contributed by atoms with E-state index in [1.165, 1.54) is 34.1 Å². The second kappa shape index (κ2) is 10.5. The Kier molecular flexibility index (Phi) is 7.17. The number of benzene rings is 2. The van der Waals surface area contributed by atoms with Crippen LogP contribution in [-0.4, -0.2) is 51.9 Å². The number of ether oxygens (including phenoxy) is 2. The molecule has 3 heterocycles. The number of carbonyl (C=O) groups is 2. The summed E-state index contributed by atoms with van der Waals surface area (Å²) in [6.45, 7) is 6.81. The molecule has 0 aliphatic carbocycles. The summed E-state index contributed by atoms with van der Waals surface area (Å²) < 4.78 is 42.9. The minimum absolute atomic E-state index is 0.0131. The topological polar surface area (TPSA) is 131 Å². The van der Waals surface area contributed by atoms with Crippen LogP contribution in [0.5, 0.6) is 11.5 Å². The van der Waals surface area contributed by atoms with E-state index in [0.717, 1.165) is 4.68 Å². The molecule has 2 amide bonds. The maximum absolute atomic E-state index is 13.6. The number of furan rings is 1. The Bertz CT molecular complexity index is 1870. The highest BCUT2D eigenvalue weighted by molar-refractivity contribution is 5.99. The van der Waals surface area contributed by atoms with E-state index in [0.29, 0.717) is 11.1 Å². The number of aromatic nitrogens is 2. The van der Waals surface area contributed by atoms with Gasteiger partial charge in [-0.2, -0.15) is 10.4 Å². The molecule has 13 heteroatoms. The van der Waals surface area contributed by atoms with Gasteiger partial charge in [0.1, 0.15) is 12.2 Å². The smallest absolute Gasteiger partial charge is 0.448 e. The highest BCUT2D eigenvalue weighted by Gasteiger charge is 2.43. The molecule has 2 aromatic carbocycles. The van der Waals surface area contributed by atoms with Crippen molar-refractivity contribution in [1.29, 1.82) is 5.26 Å². The second-order valence-electron chi connectivity index (χ2n) is 10.8. The maximum Gasteiger partial charge on any atom is 0.586 e. The van der Waals surface area contributed by atoms with Gasteiger partial charge in [0.15, 0.2) is 22.8 Å². The summed E-state index contributed by atoms with van der Waals surface area (Å²) in [6.07, 6.45) is -3.82. The molecule has 11 nitrogen and oxygen atoms in total. The Morgan fingerprint density at radius 3 is 2.49 bits per heavy atom. The van der Waals surface area contributed by atoms with Crippen molar-refractivity contribution in [2.75, 3.05) is 18.5 Å². The molecule has 0 N–H and O–H groups in total. The van der Waals surface area contributed by atoms with Crippen LogP contribution in [0.4, 0.5) is 14.5 Å². The molecule has 222 valence electrons. The number of carbonyl (C=O) groups excluding carboxylic acids is 2. The van der Waals surface area contributed by atoms with Crippen LogP contribution in [0.25, 0.3) is 22.2 Å². The van der Waals surface area contributed by atoms with E-state index < -0.39 is 35.8 Å². The van der Waals surface area contributed by atoms with E-state index in [1.54, 1.807) is 38.2 Å². The first kappa shape index (κ1) is 29.2. The lowest BCUT2D eigenvalue weighted by Gasteiger charge is -2.31. The van der Waals surface area contributed by atoms with Crippen molar-refractivity contribution in [3.05, 3.63) is 70.2 Å². The average Bonchev–Trinajstić information content (AvgIpc) is 3.53. The van der Waals surface area contributed by atoms with E-state index in [1.807, 2.05) is 26.8 Å². The predicted molar refractivity (Wildman–Crippen MR) is 151 cm³/mol. The Morgan fingerprint density at radius 1 is 1.09 bits per heavy atom. The number of alkyl halides is 2. The fourth-order valence-electron chi connectivity index (χ4n) is 4.51. The Morgan fingerprint density at radius 2 is 1.81 bits per heavy atom. The molecule has 43 heavy (non-hydrogen) atoms. The van der Waals surface area contributed by atoms with E-state index in [9.17, 15) is 28.4 Å². The molecular weight excluding hydrogens is 564 g/mol. The summed E-state index contributed by atoms with van der Waals surface area (Å²) in [5.41, 5.74) is -0.0759. The molecule has 0 atom stereocenters. The Hall–Kier alpha value is -5.25. The summed E-state index contributed by atoms with van der Waals surface area (Å²) >= 11 is 0. The van der Waals surface area contributed by atoms with Crippen LogP contribution in [-0.2, 0) is 11.3 Å². The zero-order valence-electron chi connectivity index (χ0n) is 24.0. The number of hydrogen-bond acceptors (Lipinski definition) is 8. The zero-order valence-corrected chi connectivity index (χ0v) is 24.0. The standard InChI is InChI=1S/C30H27F2N5O6/c1-6-36(19-10-11-21-22(13-19)43-30(31,32)42-21)24(38)16-37-27(39)20-14-23(28(40)35(5)29(2,3)4)41-26(20)25(34-37)18-9-7-8-17(12-18)15-33/h7-14H,6,16H2,1-5H3. The van der Waals surface area contributed by atoms with Crippen molar-refractivity contribution in [3.63, 3.8) is 0 Å². The molecule has 0 spiro atoms. The van der Waals surface area contributed by atoms with Crippen molar-refractivity contribution in [2.24, 2.45) is 0 Å². The molecule has 1 aliphatic rings. The van der Waals surface area contributed by atoms with Gasteiger partial charge in [0.25, 0.3) is 11.5 Å². The summed E-state index contributed by atoms with van der Waals surface area (Å²) in [7, 11) is 1.61. The fraction of sp³-hybridized carbons (Fsp3) is 0.300. The molecule has 4 aromatic rings. The molecule has 0 radical (unpaired) electrons. The van der Waals surface area contributed by atoms with Gasteiger partial charge in [-0.05, 0) is 52.0 Å². The lowest BCUT2D eigenvalue weighted by Crippen LogP contribution is -2.42. The minimum atomic E-state index is -3.82. The molecule has 1 aliphatic heterocycles. The number of amides is 2. The third kappa shape index (κ3) is 5.51. The number of nitrogens with zero attached hydrogens (tertiary/aromatic N) is 5. The van der Waals surface area contributed by atoms with E-state index in [2.05, 4.69) is 14.6 Å². The van der Waals surface area contributed by atoms with Crippen LogP contribution in [0, 0.1) is 11.3 Å². The van der Waals surface area contributed by atoms with Crippen LogP contribution >= 0.6 is 0 Å². The molecule has 0 saturated heterocycles. The summed E-state index contributed by atoms with van der Waals surface area (Å²) in [5.74, 6) is -1.55. The van der Waals surface area contributed by atoms with Gasteiger partial charge in [-0.1, -0.05) is 12.1 Å². The van der Waals surface area contributed by atoms with Crippen LogP contribution in [0.1, 0.15) is 43.8 Å². The quantitative estimate of drug-likeness (QED) is 0.313. The van der Waals surface area contributed by atoms with Gasteiger partial charge in [0.05, 0.1) is 17.0 Å². The number of anilines is 1. The first-order chi connectivity index (χ1) is 20.2. The largest absolute Gasteiger partial charge is 0.586 e. The summed E-state index contributed by atoms with van der Waals surface area (Å²) in [4.78, 5) is 43.1. The van der Waals surface area contributed by atoms with Gasteiger partial charge in [0.2, 0.25) is 5.91 Å². The fourth-order valence-corrected chi connectivity index (χ4v) is 4.51. The second-order valence-corrected chi connectivity index (χ2v) is 10.8. The minimum Gasteiger partial charge on any atom is -0.448 e. The molecule has 0 saturated carbocycles. The van der Waals surface area contributed by atoms with Gasteiger partial charge in [0, 0.05) is 42.5 Å². The van der Waals surface area contributed by atoms with Gasteiger partial charge >= 0.3 is 6.29 Å². The highest BCUT2D eigenvalue weighted by Crippen LogP contribution is 2.43. The van der Waals surface area contributed by atoms with Crippen molar-refractivity contribution < 1.29 is 32.3 Å². The zero-order chi connectivity index (χ0) is 31.3. The SMILES string of the molecule is CCN(C(=O)Cn1nc(-c2cccc(C#N)c2)c2oc(C(=O)N(C)C(C)(C)C)cc2c1=O)c1ccc2c(c1)OC(F)(F)O2. The lowest BCUT2D eigenvalue weighted by atomic mass is 10.1. The molecule has 0 bridgehead atoms.